The van der Waals surface area contributed by atoms with Gasteiger partial charge in [-0.15, -0.1) is 0 Å². The number of methoxy groups -OCH3 is 1. The highest BCUT2D eigenvalue weighted by molar-refractivity contribution is 5.82. The maximum atomic E-state index is 12.6. The van der Waals surface area contributed by atoms with Gasteiger partial charge in [-0.25, -0.2) is 9.59 Å². The smallest absolute Gasteiger partial charge is 0.408 e. The molecule has 1 aliphatic rings. The predicted molar refractivity (Wildman–Crippen MR) is 112 cm³/mol. The molecule has 1 saturated heterocycles. The summed E-state index contributed by atoms with van der Waals surface area (Å²) < 4.78 is 36.4. The Labute approximate surface area is 201 Å². The summed E-state index contributed by atoms with van der Waals surface area (Å²) in [4.78, 5) is 72.3. The Bertz CT molecular complexity index is 834. The molecule has 35 heavy (non-hydrogen) atoms. The van der Waals surface area contributed by atoms with Crippen molar-refractivity contribution < 1.29 is 61.9 Å². The van der Waals surface area contributed by atoms with Crippen LogP contribution in [0.2, 0.25) is 0 Å². The normalized spacial score (nSPS) is 24.7. The first-order chi connectivity index (χ1) is 16.0. The van der Waals surface area contributed by atoms with Crippen molar-refractivity contribution in [3.05, 3.63) is 0 Å². The quantitative estimate of drug-likeness (QED) is 0.365. The molecule has 0 aliphatic carbocycles. The van der Waals surface area contributed by atoms with E-state index in [1.165, 1.54) is 0 Å². The largest absolute Gasteiger partial charge is 0.467 e. The minimum Gasteiger partial charge on any atom is -0.467 e. The SMILES string of the molecule is COC(=O)[C@H](NC(=O)OC(C)(C)C)[C@@H]1O[C@@H](OC(C)=O)[C@H](OC(C)=O)[C@H](OC(C)=O)[C@@H]1OC(C)=O. The van der Waals surface area contributed by atoms with E-state index in [1.807, 2.05) is 0 Å². The van der Waals surface area contributed by atoms with Crippen molar-refractivity contribution in [3.63, 3.8) is 0 Å². The van der Waals surface area contributed by atoms with E-state index in [-0.39, 0.29) is 0 Å². The van der Waals surface area contributed by atoms with Gasteiger partial charge in [-0.1, -0.05) is 0 Å². The highest BCUT2D eigenvalue weighted by Gasteiger charge is 2.57. The molecule has 0 unspecified atom stereocenters. The molecule has 0 saturated carbocycles. The standard InChI is InChI=1S/C21H31NO13/c1-9(23)30-15-14(13(18(27)29-8)22-20(28)35-21(5,6)7)34-19(33-12(4)26)17(32-11(3)25)16(15)31-10(2)24/h13-17,19H,1-8H3,(H,22,28)/t13-,14+,15-,16-,17-,19-/m1/s1. The Balaban J connectivity index is 3.60. The summed E-state index contributed by atoms with van der Waals surface area (Å²) >= 11 is 0. The van der Waals surface area contributed by atoms with E-state index in [4.69, 9.17) is 33.2 Å². The molecule has 198 valence electrons. The van der Waals surface area contributed by atoms with Gasteiger partial charge in [0.05, 0.1) is 7.11 Å². The van der Waals surface area contributed by atoms with Crippen LogP contribution < -0.4 is 5.32 Å². The maximum absolute atomic E-state index is 12.6. The number of amides is 1. The molecule has 14 heteroatoms. The third kappa shape index (κ3) is 9.39. The fraction of sp³-hybridized carbons (Fsp3) is 0.714. The zero-order valence-corrected chi connectivity index (χ0v) is 20.8. The maximum Gasteiger partial charge on any atom is 0.408 e. The third-order valence-electron chi connectivity index (χ3n) is 4.18. The summed E-state index contributed by atoms with van der Waals surface area (Å²) in [5.41, 5.74) is -0.950. The van der Waals surface area contributed by atoms with Gasteiger partial charge in [0, 0.05) is 27.7 Å². The summed E-state index contributed by atoms with van der Waals surface area (Å²) in [5.74, 6) is -4.60. The summed E-state index contributed by atoms with van der Waals surface area (Å²) in [5, 5.41) is 2.26. The highest BCUT2D eigenvalue weighted by Crippen LogP contribution is 2.31. The monoisotopic (exact) mass is 505 g/mol. The number of carbonyl (C=O) groups excluding carboxylic acids is 6. The van der Waals surface area contributed by atoms with Crippen LogP contribution in [0.5, 0.6) is 0 Å². The number of hydrogen-bond donors (Lipinski definition) is 1. The molecule has 14 nitrogen and oxygen atoms in total. The van der Waals surface area contributed by atoms with Crippen LogP contribution in [0.15, 0.2) is 0 Å². The van der Waals surface area contributed by atoms with Gasteiger partial charge in [0.15, 0.2) is 18.2 Å². The minimum absolute atomic E-state index is 0.871. The average molecular weight is 505 g/mol. The number of hydrogen-bond acceptors (Lipinski definition) is 13. The van der Waals surface area contributed by atoms with E-state index in [1.54, 1.807) is 20.8 Å². The average Bonchev–Trinajstić information content (AvgIpc) is 2.67. The lowest BCUT2D eigenvalue weighted by atomic mass is 9.93. The minimum atomic E-state index is -1.73. The molecule has 6 atom stereocenters. The summed E-state index contributed by atoms with van der Waals surface area (Å²) in [6.07, 6.45) is -9.29. The summed E-state index contributed by atoms with van der Waals surface area (Å²) in [6.45, 7) is 8.84. The molecule has 1 fully saturated rings. The molecule has 1 heterocycles. The predicted octanol–water partition coefficient (Wildman–Crippen LogP) is 0.136. The number of carbonyl (C=O) groups is 6. The molecule has 0 aromatic rings. The number of ether oxygens (including phenoxy) is 7. The van der Waals surface area contributed by atoms with Gasteiger partial charge in [0.25, 0.3) is 0 Å². The van der Waals surface area contributed by atoms with E-state index >= 15 is 0 Å². The molecule has 0 bridgehead atoms. The van der Waals surface area contributed by atoms with Crippen LogP contribution in [0, 0.1) is 0 Å². The van der Waals surface area contributed by atoms with E-state index in [9.17, 15) is 28.8 Å². The number of alkyl carbamates (subject to hydrolysis) is 1. The third-order valence-corrected chi connectivity index (χ3v) is 4.18. The van der Waals surface area contributed by atoms with Crippen molar-refractivity contribution >= 4 is 35.9 Å². The first-order valence-electron chi connectivity index (χ1n) is 10.5. The van der Waals surface area contributed by atoms with Gasteiger partial charge in [0.2, 0.25) is 12.4 Å². The second-order valence-electron chi connectivity index (χ2n) is 8.45. The summed E-state index contributed by atoms with van der Waals surface area (Å²) in [6, 6.07) is -1.71. The topological polar surface area (TPSA) is 179 Å². The first-order valence-corrected chi connectivity index (χ1v) is 10.5. The Morgan fingerprint density at radius 3 is 1.63 bits per heavy atom. The lowest BCUT2D eigenvalue weighted by Crippen LogP contribution is -2.68. The molecule has 1 amide bonds. The van der Waals surface area contributed by atoms with E-state index < -0.39 is 78.3 Å². The molecule has 0 aromatic carbocycles. The van der Waals surface area contributed by atoms with Crippen LogP contribution in [0.4, 0.5) is 4.79 Å². The van der Waals surface area contributed by atoms with Gasteiger partial charge < -0.3 is 38.5 Å². The number of rotatable bonds is 7. The Morgan fingerprint density at radius 1 is 0.743 bits per heavy atom. The molecule has 1 N–H and O–H groups in total. The molecular formula is C21H31NO13. The van der Waals surface area contributed by atoms with Gasteiger partial charge in [-0.05, 0) is 20.8 Å². The van der Waals surface area contributed by atoms with Crippen molar-refractivity contribution in [1.82, 2.24) is 5.32 Å². The molecular weight excluding hydrogens is 474 g/mol. The zero-order chi connectivity index (χ0) is 27.1. The lowest BCUT2D eigenvalue weighted by molar-refractivity contribution is -0.299. The molecule has 0 spiro atoms. The van der Waals surface area contributed by atoms with Crippen molar-refractivity contribution in [2.24, 2.45) is 0 Å². The van der Waals surface area contributed by atoms with E-state index in [0.717, 1.165) is 34.8 Å². The van der Waals surface area contributed by atoms with Crippen molar-refractivity contribution in [3.8, 4) is 0 Å². The van der Waals surface area contributed by atoms with E-state index in [0.29, 0.717) is 0 Å². The second kappa shape index (κ2) is 12.3. The Hall–Kier alpha value is -3.42. The second-order valence-corrected chi connectivity index (χ2v) is 8.45. The van der Waals surface area contributed by atoms with Gasteiger partial charge in [-0.3, -0.25) is 19.2 Å². The number of esters is 5. The molecule has 0 radical (unpaired) electrons. The Morgan fingerprint density at radius 2 is 1.20 bits per heavy atom. The van der Waals surface area contributed by atoms with Crippen LogP contribution in [0.1, 0.15) is 48.5 Å². The number of nitrogens with one attached hydrogen (secondary N) is 1. The summed E-state index contributed by atoms with van der Waals surface area (Å²) in [7, 11) is 1.02. The van der Waals surface area contributed by atoms with Gasteiger partial charge in [-0.2, -0.15) is 0 Å². The van der Waals surface area contributed by atoms with Crippen LogP contribution in [0.3, 0.4) is 0 Å². The molecule has 1 aliphatic heterocycles. The first kappa shape index (κ1) is 29.6. The van der Waals surface area contributed by atoms with Crippen LogP contribution in [-0.2, 0) is 57.1 Å². The van der Waals surface area contributed by atoms with Gasteiger partial charge in [0.1, 0.15) is 11.7 Å². The van der Waals surface area contributed by atoms with Crippen molar-refractivity contribution in [2.75, 3.05) is 7.11 Å². The molecule has 1 rings (SSSR count). The van der Waals surface area contributed by atoms with Crippen LogP contribution >= 0.6 is 0 Å². The zero-order valence-electron chi connectivity index (χ0n) is 20.8. The lowest BCUT2D eigenvalue weighted by Gasteiger charge is -2.45. The molecule has 0 aromatic heterocycles. The van der Waals surface area contributed by atoms with Gasteiger partial charge >= 0.3 is 35.9 Å². The fourth-order valence-electron chi connectivity index (χ4n) is 3.17. The van der Waals surface area contributed by atoms with Crippen LogP contribution in [-0.4, -0.2) is 85.4 Å². The van der Waals surface area contributed by atoms with E-state index in [2.05, 4.69) is 5.32 Å². The fourth-order valence-corrected chi connectivity index (χ4v) is 3.17. The Kier molecular flexibility index (Phi) is 10.4. The van der Waals surface area contributed by atoms with Crippen molar-refractivity contribution in [2.45, 2.75) is 90.8 Å². The van der Waals surface area contributed by atoms with Crippen molar-refractivity contribution in [1.29, 1.82) is 0 Å². The van der Waals surface area contributed by atoms with Crippen LogP contribution in [0.25, 0.3) is 0 Å². The highest BCUT2D eigenvalue weighted by atomic mass is 16.7.